The maximum atomic E-state index is 5.19. The molecular weight excluding hydrogens is 679 g/mol. The fourth-order valence-electron chi connectivity index (χ4n) is 7.59. The fraction of sp³-hybridized carbons (Fsp3) is 0. The molecule has 0 unspecified atom stereocenters. The Balaban J connectivity index is 1.05. The van der Waals surface area contributed by atoms with E-state index in [9.17, 15) is 0 Å². The van der Waals surface area contributed by atoms with E-state index in [2.05, 4.69) is 182 Å². The van der Waals surface area contributed by atoms with Crippen molar-refractivity contribution in [3.8, 4) is 78.5 Å². The van der Waals surface area contributed by atoms with Crippen molar-refractivity contribution in [1.29, 1.82) is 0 Å². The van der Waals surface area contributed by atoms with Crippen LogP contribution in [0.2, 0.25) is 0 Å². The second kappa shape index (κ2) is 14.4. The molecule has 3 nitrogen and oxygen atoms in total. The Morgan fingerprint density at radius 1 is 0.268 bits per heavy atom. The highest BCUT2D eigenvalue weighted by Crippen LogP contribution is 2.38. The van der Waals surface area contributed by atoms with Crippen LogP contribution in [0.4, 0.5) is 0 Å². The molecule has 2 heterocycles. The van der Waals surface area contributed by atoms with Crippen LogP contribution in [-0.4, -0.2) is 15.0 Å². The molecule has 0 aliphatic rings. The summed E-state index contributed by atoms with van der Waals surface area (Å²) in [5, 5.41) is 3.52. The number of pyridine rings is 1. The van der Waals surface area contributed by atoms with Crippen LogP contribution in [0.5, 0.6) is 0 Å². The molecular formula is C53H35N3. The minimum Gasteiger partial charge on any atom is -0.248 e. The van der Waals surface area contributed by atoms with Crippen LogP contribution in [0, 0.1) is 0 Å². The number of rotatable bonds is 7. The van der Waals surface area contributed by atoms with E-state index in [4.69, 9.17) is 15.0 Å². The summed E-state index contributed by atoms with van der Waals surface area (Å²) in [6.45, 7) is 0. The minimum atomic E-state index is 0.703. The quantitative estimate of drug-likeness (QED) is 0.154. The lowest BCUT2D eigenvalue weighted by molar-refractivity contribution is 1.18. The zero-order valence-corrected chi connectivity index (χ0v) is 30.5. The van der Waals surface area contributed by atoms with Gasteiger partial charge in [0.15, 0.2) is 5.82 Å². The van der Waals surface area contributed by atoms with Crippen LogP contribution in [0.15, 0.2) is 212 Å². The van der Waals surface area contributed by atoms with Gasteiger partial charge < -0.3 is 0 Å². The summed E-state index contributed by atoms with van der Waals surface area (Å²) in [4.78, 5) is 15.3. The molecule has 0 saturated carbocycles. The van der Waals surface area contributed by atoms with Gasteiger partial charge in [-0.15, -0.1) is 0 Å². The molecule has 0 fully saturated rings. The van der Waals surface area contributed by atoms with Gasteiger partial charge in [-0.1, -0.05) is 188 Å². The maximum Gasteiger partial charge on any atom is 0.160 e. The number of hydrogen-bond donors (Lipinski definition) is 0. The number of fused-ring (bicyclic) bond motifs is 3. The lowest BCUT2D eigenvalue weighted by atomic mass is 9.92. The van der Waals surface area contributed by atoms with Crippen molar-refractivity contribution < 1.29 is 0 Å². The molecule has 2 aromatic heterocycles. The van der Waals surface area contributed by atoms with E-state index in [0.717, 1.165) is 61.4 Å². The summed E-state index contributed by atoms with van der Waals surface area (Å²) < 4.78 is 0. The van der Waals surface area contributed by atoms with Gasteiger partial charge in [-0.3, -0.25) is 0 Å². The van der Waals surface area contributed by atoms with E-state index in [1.165, 1.54) is 33.0 Å². The van der Waals surface area contributed by atoms with Crippen molar-refractivity contribution in [1.82, 2.24) is 15.0 Å². The van der Waals surface area contributed by atoms with Gasteiger partial charge in [0.05, 0.1) is 22.6 Å². The molecule has 0 N–H and O–H groups in total. The largest absolute Gasteiger partial charge is 0.248 e. The molecule has 0 bridgehead atoms. The number of aromatic nitrogens is 3. The van der Waals surface area contributed by atoms with Gasteiger partial charge in [0.1, 0.15) is 0 Å². The van der Waals surface area contributed by atoms with E-state index in [-0.39, 0.29) is 0 Å². The normalized spacial score (nSPS) is 11.2. The van der Waals surface area contributed by atoms with E-state index < -0.39 is 0 Å². The highest BCUT2D eigenvalue weighted by Gasteiger charge is 2.15. The molecule has 0 aliphatic carbocycles. The Bertz CT molecular complexity index is 2960. The number of benzene rings is 8. The summed E-state index contributed by atoms with van der Waals surface area (Å²) in [6, 6.07) is 74.6. The van der Waals surface area contributed by atoms with Crippen molar-refractivity contribution in [3.05, 3.63) is 212 Å². The first kappa shape index (κ1) is 33.1. The first-order chi connectivity index (χ1) is 27.7. The van der Waals surface area contributed by atoms with Gasteiger partial charge in [0, 0.05) is 27.6 Å². The van der Waals surface area contributed by atoms with Crippen LogP contribution < -0.4 is 0 Å². The summed E-state index contributed by atoms with van der Waals surface area (Å²) in [5.74, 6) is 0.703. The Morgan fingerprint density at radius 2 is 0.679 bits per heavy atom. The Kier molecular flexibility index (Phi) is 8.51. The van der Waals surface area contributed by atoms with Gasteiger partial charge in [0.25, 0.3) is 0 Å². The van der Waals surface area contributed by atoms with E-state index in [1.54, 1.807) is 0 Å². The fourth-order valence-corrected chi connectivity index (χ4v) is 7.59. The third-order valence-electron chi connectivity index (χ3n) is 10.5. The Hall–Kier alpha value is -7.49. The smallest absolute Gasteiger partial charge is 0.160 e. The van der Waals surface area contributed by atoms with E-state index in [1.807, 2.05) is 30.3 Å². The second-order valence-corrected chi connectivity index (χ2v) is 14.0. The lowest BCUT2D eigenvalue weighted by Gasteiger charge is -2.14. The molecule has 0 saturated heterocycles. The molecule has 0 amide bonds. The van der Waals surface area contributed by atoms with Crippen molar-refractivity contribution in [2.24, 2.45) is 0 Å². The Morgan fingerprint density at radius 3 is 1.27 bits per heavy atom. The highest BCUT2D eigenvalue weighted by molar-refractivity contribution is 6.14. The SMILES string of the molecule is c1ccc(-c2ccc(-c3cc(-c4ccc(-c5ccc6ccc7nc(-c8ccccc8)cc(-c8ccccc8)c7c6c5)cc4)nc(-c4ccccc4)n3)cc2)cc1. The highest BCUT2D eigenvalue weighted by atomic mass is 14.9. The van der Waals surface area contributed by atoms with Crippen molar-refractivity contribution >= 4 is 21.7 Å². The van der Waals surface area contributed by atoms with Crippen LogP contribution in [0.3, 0.4) is 0 Å². The zero-order chi connectivity index (χ0) is 37.3. The molecule has 10 aromatic rings. The topological polar surface area (TPSA) is 38.7 Å². The molecule has 56 heavy (non-hydrogen) atoms. The summed E-state index contributed by atoms with van der Waals surface area (Å²) in [6.07, 6.45) is 0. The van der Waals surface area contributed by atoms with Crippen LogP contribution in [0.1, 0.15) is 0 Å². The summed E-state index contributed by atoms with van der Waals surface area (Å²) >= 11 is 0. The van der Waals surface area contributed by atoms with Crippen molar-refractivity contribution in [2.75, 3.05) is 0 Å². The van der Waals surface area contributed by atoms with Crippen LogP contribution in [0.25, 0.3) is 100 Å². The third-order valence-corrected chi connectivity index (χ3v) is 10.5. The standard InChI is InChI=1S/C53H35N3/c1-5-13-36(14-6-1)37-21-26-42(27-22-37)50-35-51(56-53(55-50)44-19-11-4-12-20-44)43-28-23-38(24-29-43)45-30-25-40-31-32-48-52(46(40)33-45)47(39-15-7-2-8-16-39)34-49(54-48)41-17-9-3-10-18-41/h1-35H. The first-order valence-corrected chi connectivity index (χ1v) is 18.9. The summed E-state index contributed by atoms with van der Waals surface area (Å²) in [7, 11) is 0. The van der Waals surface area contributed by atoms with Crippen molar-refractivity contribution in [3.63, 3.8) is 0 Å². The maximum absolute atomic E-state index is 5.19. The molecule has 0 radical (unpaired) electrons. The Labute approximate surface area is 326 Å². The van der Waals surface area contributed by atoms with Crippen LogP contribution >= 0.6 is 0 Å². The molecule has 3 heteroatoms. The average molecular weight is 714 g/mol. The van der Waals surface area contributed by atoms with Crippen molar-refractivity contribution in [2.45, 2.75) is 0 Å². The molecule has 0 aliphatic heterocycles. The predicted molar refractivity (Wildman–Crippen MR) is 233 cm³/mol. The first-order valence-electron chi connectivity index (χ1n) is 18.9. The number of nitrogens with zero attached hydrogens (tertiary/aromatic N) is 3. The van der Waals surface area contributed by atoms with Gasteiger partial charge in [-0.25, -0.2) is 15.0 Å². The van der Waals surface area contributed by atoms with Crippen LogP contribution in [-0.2, 0) is 0 Å². The van der Waals surface area contributed by atoms with E-state index in [0.29, 0.717) is 5.82 Å². The van der Waals surface area contributed by atoms with Gasteiger partial charge in [0.2, 0.25) is 0 Å². The third kappa shape index (κ3) is 6.42. The predicted octanol–water partition coefficient (Wildman–Crippen LogP) is 13.8. The molecule has 8 aromatic carbocycles. The molecule has 10 rings (SSSR count). The van der Waals surface area contributed by atoms with E-state index >= 15 is 0 Å². The second-order valence-electron chi connectivity index (χ2n) is 14.0. The zero-order valence-electron chi connectivity index (χ0n) is 30.5. The molecule has 0 spiro atoms. The minimum absolute atomic E-state index is 0.703. The number of hydrogen-bond acceptors (Lipinski definition) is 3. The van der Waals surface area contributed by atoms with Gasteiger partial charge in [-0.2, -0.15) is 0 Å². The van der Waals surface area contributed by atoms with Gasteiger partial charge >= 0.3 is 0 Å². The molecule has 262 valence electrons. The van der Waals surface area contributed by atoms with Gasteiger partial charge in [-0.05, 0) is 68.4 Å². The average Bonchev–Trinajstić information content (AvgIpc) is 3.29. The lowest BCUT2D eigenvalue weighted by Crippen LogP contribution is -1.96. The molecule has 0 atom stereocenters. The summed E-state index contributed by atoms with van der Waals surface area (Å²) in [5.41, 5.74) is 14.9. The monoisotopic (exact) mass is 713 g/mol.